The van der Waals surface area contributed by atoms with E-state index in [1.54, 1.807) is 27.1 Å². The number of carbonyl (C=O) groups excluding carboxylic acids is 3. The third kappa shape index (κ3) is 6.32. The van der Waals surface area contributed by atoms with E-state index in [9.17, 15) is 14.4 Å². The van der Waals surface area contributed by atoms with E-state index >= 15 is 0 Å². The second-order valence-electron chi connectivity index (χ2n) is 8.41. The number of nitrogens with one attached hydrogen (secondary N) is 1. The molecule has 1 aromatic heterocycles. The molecule has 1 aliphatic heterocycles. The Morgan fingerprint density at radius 1 is 1.22 bits per heavy atom. The Morgan fingerprint density at radius 2 is 1.91 bits per heavy atom. The van der Waals surface area contributed by atoms with E-state index in [1.807, 2.05) is 41.1 Å². The predicted octanol–water partition coefficient (Wildman–Crippen LogP) is -1.28. The first kappa shape index (κ1) is 25.4. The summed E-state index contributed by atoms with van der Waals surface area (Å²) in [5.74, 6) is -0.493. The average molecular weight is 509 g/mol. The van der Waals surface area contributed by atoms with Gasteiger partial charge in [0.15, 0.2) is 5.69 Å². The SMILES string of the molecule is COC(=O)[C@@H]1Cc2c[n+](Cc3ccccc3)cn2C(=O)N1CCNC(=O)OC(C)(C)C.[Br-]. The number of benzene rings is 1. The zero-order valence-corrected chi connectivity index (χ0v) is 20.3. The van der Waals surface area contributed by atoms with Crippen LogP contribution in [0.15, 0.2) is 42.9 Å². The first-order chi connectivity index (χ1) is 14.7. The summed E-state index contributed by atoms with van der Waals surface area (Å²) in [6.07, 6.45) is 3.35. The second-order valence-corrected chi connectivity index (χ2v) is 8.41. The summed E-state index contributed by atoms with van der Waals surface area (Å²) in [4.78, 5) is 38.8. The van der Waals surface area contributed by atoms with Crippen molar-refractivity contribution in [1.82, 2.24) is 14.8 Å². The van der Waals surface area contributed by atoms with Crippen molar-refractivity contribution in [3.05, 3.63) is 54.1 Å². The number of nitrogens with zero attached hydrogens (tertiary/aromatic N) is 3. The van der Waals surface area contributed by atoms with Crippen molar-refractivity contribution in [2.24, 2.45) is 0 Å². The molecule has 2 aromatic rings. The second kappa shape index (κ2) is 10.6. The lowest BCUT2D eigenvalue weighted by Crippen LogP contribution is -3.00. The van der Waals surface area contributed by atoms with Gasteiger partial charge in [-0.15, -0.1) is 4.57 Å². The van der Waals surface area contributed by atoms with Crippen LogP contribution in [-0.4, -0.2) is 59.4 Å². The molecule has 1 aromatic carbocycles. The first-order valence-corrected chi connectivity index (χ1v) is 10.2. The third-order valence-corrected chi connectivity index (χ3v) is 4.82. The Morgan fingerprint density at radius 3 is 2.53 bits per heavy atom. The first-order valence-electron chi connectivity index (χ1n) is 10.2. The summed E-state index contributed by atoms with van der Waals surface area (Å²) in [7, 11) is 1.30. The zero-order valence-electron chi connectivity index (χ0n) is 18.7. The Balaban J connectivity index is 0.00000363. The van der Waals surface area contributed by atoms with Crippen LogP contribution in [-0.2, 0) is 27.2 Å². The fourth-order valence-corrected chi connectivity index (χ4v) is 3.48. The van der Waals surface area contributed by atoms with Crippen LogP contribution < -0.4 is 26.9 Å². The van der Waals surface area contributed by atoms with Gasteiger partial charge in [0.2, 0.25) is 0 Å². The van der Waals surface area contributed by atoms with Crippen LogP contribution in [0, 0.1) is 0 Å². The minimum Gasteiger partial charge on any atom is -1.00 e. The van der Waals surface area contributed by atoms with Gasteiger partial charge in [0.05, 0.1) is 7.11 Å². The number of hydrogen-bond donors (Lipinski definition) is 1. The minimum atomic E-state index is -0.759. The van der Waals surface area contributed by atoms with Crippen molar-refractivity contribution in [2.45, 2.75) is 45.4 Å². The molecule has 0 radical (unpaired) electrons. The lowest BCUT2D eigenvalue weighted by atomic mass is 10.1. The molecule has 2 heterocycles. The number of halogens is 1. The molecular formula is C22H29BrN4O5. The third-order valence-electron chi connectivity index (χ3n) is 4.82. The summed E-state index contributed by atoms with van der Waals surface area (Å²) in [5, 5.41) is 2.62. The van der Waals surface area contributed by atoms with Crippen molar-refractivity contribution < 1.29 is 45.4 Å². The van der Waals surface area contributed by atoms with Crippen molar-refractivity contribution >= 4 is 18.1 Å². The molecule has 2 amide bonds. The standard InChI is InChI=1S/C22H28N4O5.BrH/c1-22(2,3)31-20(28)23-10-11-25-18(19(27)30-4)12-17-14-24(15-26(17)21(25)29)13-16-8-6-5-7-9-16;/h5-9,14-15,18H,10-13H2,1-4H3;1H/t18-;/m0./s1. The number of imidazole rings is 1. The maximum Gasteiger partial charge on any atom is 0.416 e. The molecule has 3 rings (SSSR count). The molecule has 0 saturated carbocycles. The van der Waals surface area contributed by atoms with Gasteiger partial charge < -0.3 is 31.8 Å². The number of ether oxygens (including phenoxy) is 2. The van der Waals surface area contributed by atoms with Crippen molar-refractivity contribution in [2.75, 3.05) is 20.2 Å². The molecule has 174 valence electrons. The highest BCUT2D eigenvalue weighted by Gasteiger charge is 2.41. The highest BCUT2D eigenvalue weighted by atomic mass is 79.9. The van der Waals surface area contributed by atoms with Crippen molar-refractivity contribution in [3.8, 4) is 0 Å². The highest BCUT2D eigenvalue weighted by molar-refractivity contribution is 5.87. The van der Waals surface area contributed by atoms with Crippen LogP contribution in [0.2, 0.25) is 0 Å². The number of amides is 2. The number of alkyl carbamates (subject to hydrolysis) is 1. The number of aromatic nitrogens is 2. The normalized spacial score (nSPS) is 15.4. The molecule has 0 aliphatic carbocycles. The molecule has 0 fully saturated rings. The quantitative estimate of drug-likeness (QED) is 0.387. The molecule has 0 unspecified atom stereocenters. The summed E-state index contributed by atoms with van der Waals surface area (Å²) >= 11 is 0. The zero-order chi connectivity index (χ0) is 22.6. The van der Waals surface area contributed by atoms with Gasteiger partial charge in [0.25, 0.3) is 6.33 Å². The van der Waals surface area contributed by atoms with E-state index < -0.39 is 23.7 Å². The summed E-state index contributed by atoms with van der Waals surface area (Å²) < 4.78 is 13.6. The van der Waals surface area contributed by atoms with Gasteiger partial charge >= 0.3 is 18.1 Å². The van der Waals surface area contributed by atoms with Crippen LogP contribution in [0.1, 0.15) is 32.0 Å². The number of esters is 1. The Kier molecular flexibility index (Phi) is 8.43. The maximum atomic E-state index is 13.1. The smallest absolute Gasteiger partial charge is 0.416 e. The summed E-state index contributed by atoms with van der Waals surface area (Å²) in [6.45, 7) is 6.21. The fourth-order valence-electron chi connectivity index (χ4n) is 3.48. The lowest BCUT2D eigenvalue weighted by molar-refractivity contribution is -0.687. The van der Waals surface area contributed by atoms with Gasteiger partial charge in [-0.25, -0.2) is 19.0 Å². The van der Waals surface area contributed by atoms with Crippen LogP contribution >= 0.6 is 0 Å². The molecule has 0 saturated heterocycles. The fraction of sp³-hybridized carbons (Fsp3) is 0.455. The minimum absolute atomic E-state index is 0. The Bertz CT molecular complexity index is 955. The van der Waals surface area contributed by atoms with E-state index in [-0.39, 0.29) is 36.1 Å². The number of hydrogen-bond acceptors (Lipinski definition) is 5. The topological polar surface area (TPSA) is 93.8 Å². The number of carbonyl (C=O) groups is 3. The van der Waals surface area contributed by atoms with E-state index in [0.717, 1.165) is 11.3 Å². The Labute approximate surface area is 198 Å². The van der Waals surface area contributed by atoms with Crippen LogP contribution in [0.5, 0.6) is 0 Å². The van der Waals surface area contributed by atoms with E-state index in [1.165, 1.54) is 16.6 Å². The van der Waals surface area contributed by atoms with Crippen LogP contribution in [0.25, 0.3) is 0 Å². The largest absolute Gasteiger partial charge is 1.00 e. The Hall–Kier alpha value is -2.88. The molecule has 32 heavy (non-hydrogen) atoms. The van der Waals surface area contributed by atoms with E-state index in [0.29, 0.717) is 13.0 Å². The van der Waals surface area contributed by atoms with Crippen molar-refractivity contribution in [3.63, 3.8) is 0 Å². The van der Waals surface area contributed by atoms with Crippen LogP contribution in [0.4, 0.5) is 9.59 Å². The molecule has 1 aliphatic rings. The molecule has 10 heteroatoms. The van der Waals surface area contributed by atoms with Gasteiger partial charge in [-0.3, -0.25) is 4.90 Å². The molecule has 1 atom stereocenters. The van der Waals surface area contributed by atoms with Gasteiger partial charge in [0, 0.05) is 19.5 Å². The average Bonchev–Trinajstić information content (AvgIpc) is 3.11. The number of fused-ring (bicyclic) bond motifs is 1. The summed E-state index contributed by atoms with van der Waals surface area (Å²) in [5.41, 5.74) is 1.21. The van der Waals surface area contributed by atoms with Gasteiger partial charge in [-0.05, 0) is 26.3 Å². The molecule has 1 N–H and O–H groups in total. The molecular weight excluding hydrogens is 480 g/mol. The molecule has 0 spiro atoms. The lowest BCUT2D eigenvalue weighted by Gasteiger charge is -2.31. The monoisotopic (exact) mass is 508 g/mol. The molecule has 0 bridgehead atoms. The van der Waals surface area contributed by atoms with Gasteiger partial charge in [-0.2, -0.15) is 0 Å². The van der Waals surface area contributed by atoms with Crippen LogP contribution in [0.3, 0.4) is 0 Å². The molecule has 9 nitrogen and oxygen atoms in total. The number of rotatable bonds is 6. The highest BCUT2D eigenvalue weighted by Crippen LogP contribution is 2.18. The van der Waals surface area contributed by atoms with Crippen molar-refractivity contribution in [1.29, 1.82) is 0 Å². The summed E-state index contributed by atoms with van der Waals surface area (Å²) in [6, 6.07) is 8.80. The van der Waals surface area contributed by atoms with E-state index in [4.69, 9.17) is 9.47 Å². The van der Waals surface area contributed by atoms with Gasteiger partial charge in [0.1, 0.15) is 24.4 Å². The van der Waals surface area contributed by atoms with Gasteiger partial charge in [-0.1, -0.05) is 30.3 Å². The van der Waals surface area contributed by atoms with E-state index in [2.05, 4.69) is 5.32 Å². The predicted molar refractivity (Wildman–Crippen MR) is 111 cm³/mol. The maximum absolute atomic E-state index is 13.1. The number of methoxy groups -OCH3 is 1.